The molecule has 1 aliphatic rings. The Morgan fingerprint density at radius 3 is 3.27 bits per heavy atom. The summed E-state index contributed by atoms with van der Waals surface area (Å²) in [6.07, 6.45) is 0. The summed E-state index contributed by atoms with van der Waals surface area (Å²) < 4.78 is 0. The summed E-state index contributed by atoms with van der Waals surface area (Å²) in [5.74, 6) is 1.83. The molecule has 0 saturated carbocycles. The number of carbonyl (C=O) groups excluding carboxylic acids is 1. The summed E-state index contributed by atoms with van der Waals surface area (Å²) >= 11 is 1.74. The lowest BCUT2D eigenvalue weighted by Crippen LogP contribution is -2.42. The molecular formula is C7H11N5O2S. The third kappa shape index (κ3) is 2.10. The zero-order chi connectivity index (χ0) is 10.7. The molecule has 7 nitrogen and oxygen atoms in total. The van der Waals surface area contributed by atoms with E-state index in [1.54, 1.807) is 16.7 Å². The SMILES string of the molecule is O=C(CO)N1CCSCC1c1nn[nH]n1. The molecule has 0 aromatic carbocycles. The maximum atomic E-state index is 11.5. The van der Waals surface area contributed by atoms with E-state index in [1.165, 1.54) is 0 Å². The highest BCUT2D eigenvalue weighted by Gasteiger charge is 2.30. The van der Waals surface area contributed by atoms with Crippen LogP contribution in [-0.4, -0.2) is 61.2 Å². The van der Waals surface area contributed by atoms with Gasteiger partial charge in [-0.25, -0.2) is 0 Å². The van der Waals surface area contributed by atoms with Crippen molar-refractivity contribution in [2.24, 2.45) is 0 Å². The van der Waals surface area contributed by atoms with E-state index in [9.17, 15) is 4.79 Å². The van der Waals surface area contributed by atoms with Crippen molar-refractivity contribution >= 4 is 17.7 Å². The lowest BCUT2D eigenvalue weighted by atomic mass is 10.2. The lowest BCUT2D eigenvalue weighted by Gasteiger charge is -2.32. The van der Waals surface area contributed by atoms with Crippen molar-refractivity contribution in [2.45, 2.75) is 6.04 Å². The van der Waals surface area contributed by atoms with Crippen molar-refractivity contribution < 1.29 is 9.90 Å². The quantitative estimate of drug-likeness (QED) is 0.662. The monoisotopic (exact) mass is 229 g/mol. The van der Waals surface area contributed by atoms with Crippen LogP contribution in [0.3, 0.4) is 0 Å². The fourth-order valence-electron chi connectivity index (χ4n) is 1.52. The highest BCUT2D eigenvalue weighted by Crippen LogP contribution is 2.26. The van der Waals surface area contributed by atoms with Gasteiger partial charge in [-0.15, -0.1) is 10.2 Å². The predicted molar refractivity (Wildman–Crippen MR) is 53.0 cm³/mol. The number of aliphatic hydroxyl groups is 1. The number of H-pyrrole nitrogens is 1. The van der Waals surface area contributed by atoms with Gasteiger partial charge in [0, 0.05) is 18.1 Å². The number of aliphatic hydroxyl groups excluding tert-OH is 1. The molecule has 82 valence electrons. The molecule has 1 saturated heterocycles. The second-order valence-electron chi connectivity index (χ2n) is 3.11. The Balaban J connectivity index is 2.16. The number of amides is 1. The Morgan fingerprint density at radius 2 is 2.60 bits per heavy atom. The van der Waals surface area contributed by atoms with Crippen molar-refractivity contribution in [3.8, 4) is 0 Å². The first-order chi connectivity index (χ1) is 7.33. The normalized spacial score (nSPS) is 21.7. The topological polar surface area (TPSA) is 95.0 Å². The van der Waals surface area contributed by atoms with Crippen LogP contribution in [0.2, 0.25) is 0 Å². The minimum atomic E-state index is -0.473. The minimum Gasteiger partial charge on any atom is -0.387 e. The maximum absolute atomic E-state index is 11.5. The van der Waals surface area contributed by atoms with Gasteiger partial charge in [0.2, 0.25) is 5.91 Å². The largest absolute Gasteiger partial charge is 0.387 e. The average Bonchev–Trinajstić information content (AvgIpc) is 2.81. The van der Waals surface area contributed by atoms with Crippen LogP contribution in [0.5, 0.6) is 0 Å². The summed E-state index contributed by atoms with van der Waals surface area (Å²) in [7, 11) is 0. The molecule has 1 aliphatic heterocycles. The van der Waals surface area contributed by atoms with E-state index in [4.69, 9.17) is 5.11 Å². The summed E-state index contributed by atoms with van der Waals surface area (Å²) in [6, 6.07) is -0.179. The first-order valence-corrected chi connectivity index (χ1v) is 5.70. The third-order valence-electron chi connectivity index (χ3n) is 2.24. The van der Waals surface area contributed by atoms with Crippen molar-refractivity contribution in [1.82, 2.24) is 25.5 Å². The Bertz CT molecular complexity index is 330. The molecule has 1 aromatic heterocycles. The maximum Gasteiger partial charge on any atom is 0.248 e. The molecule has 15 heavy (non-hydrogen) atoms. The number of aromatic nitrogens is 4. The number of tetrazole rings is 1. The van der Waals surface area contributed by atoms with Crippen LogP contribution in [0.1, 0.15) is 11.9 Å². The molecule has 0 aliphatic carbocycles. The molecule has 1 fully saturated rings. The number of hydrogen-bond donors (Lipinski definition) is 2. The molecular weight excluding hydrogens is 218 g/mol. The first-order valence-electron chi connectivity index (χ1n) is 4.54. The van der Waals surface area contributed by atoms with Gasteiger partial charge in [-0.3, -0.25) is 4.79 Å². The molecule has 1 atom stereocenters. The molecule has 0 spiro atoms. The van der Waals surface area contributed by atoms with Crippen LogP contribution in [0, 0.1) is 0 Å². The lowest BCUT2D eigenvalue weighted by molar-refractivity contribution is -0.136. The molecule has 1 aromatic rings. The molecule has 2 rings (SSSR count). The summed E-state index contributed by atoms with van der Waals surface area (Å²) in [4.78, 5) is 13.1. The van der Waals surface area contributed by atoms with Gasteiger partial charge in [0.05, 0.1) is 0 Å². The average molecular weight is 229 g/mol. The van der Waals surface area contributed by atoms with Gasteiger partial charge >= 0.3 is 0 Å². The van der Waals surface area contributed by atoms with Crippen molar-refractivity contribution in [3.05, 3.63) is 5.82 Å². The summed E-state index contributed by atoms with van der Waals surface area (Å²) in [5.41, 5.74) is 0. The Labute approximate surface area is 90.2 Å². The van der Waals surface area contributed by atoms with Crippen LogP contribution in [0.4, 0.5) is 0 Å². The van der Waals surface area contributed by atoms with Crippen LogP contribution in [0.15, 0.2) is 0 Å². The van der Waals surface area contributed by atoms with Crippen LogP contribution < -0.4 is 0 Å². The summed E-state index contributed by atoms with van der Waals surface area (Å²) in [6.45, 7) is 0.141. The van der Waals surface area contributed by atoms with Crippen LogP contribution in [0.25, 0.3) is 0 Å². The van der Waals surface area contributed by atoms with E-state index in [0.717, 1.165) is 11.5 Å². The second-order valence-corrected chi connectivity index (χ2v) is 4.26. The van der Waals surface area contributed by atoms with Crippen LogP contribution in [-0.2, 0) is 4.79 Å². The van der Waals surface area contributed by atoms with Gasteiger partial charge < -0.3 is 10.0 Å². The number of thioether (sulfide) groups is 1. The first kappa shape index (κ1) is 10.4. The van der Waals surface area contributed by atoms with E-state index >= 15 is 0 Å². The van der Waals surface area contributed by atoms with E-state index in [1.807, 2.05) is 0 Å². The third-order valence-corrected chi connectivity index (χ3v) is 3.27. The van der Waals surface area contributed by atoms with Gasteiger partial charge in [0.1, 0.15) is 12.6 Å². The Kier molecular flexibility index (Phi) is 3.17. The van der Waals surface area contributed by atoms with Crippen LogP contribution >= 0.6 is 11.8 Å². The highest BCUT2D eigenvalue weighted by molar-refractivity contribution is 7.99. The zero-order valence-corrected chi connectivity index (χ0v) is 8.77. The Morgan fingerprint density at radius 1 is 1.73 bits per heavy atom. The molecule has 1 unspecified atom stereocenters. The fourth-order valence-corrected chi connectivity index (χ4v) is 2.56. The van der Waals surface area contributed by atoms with E-state index < -0.39 is 6.61 Å². The Hall–Kier alpha value is -1.15. The van der Waals surface area contributed by atoms with Gasteiger partial charge in [-0.1, -0.05) is 5.21 Å². The number of nitrogens with zero attached hydrogens (tertiary/aromatic N) is 4. The molecule has 8 heteroatoms. The smallest absolute Gasteiger partial charge is 0.248 e. The van der Waals surface area contributed by atoms with Gasteiger partial charge in [0.25, 0.3) is 0 Å². The van der Waals surface area contributed by atoms with E-state index in [0.29, 0.717) is 12.4 Å². The van der Waals surface area contributed by atoms with E-state index in [2.05, 4.69) is 20.6 Å². The molecule has 2 heterocycles. The highest BCUT2D eigenvalue weighted by atomic mass is 32.2. The second kappa shape index (κ2) is 4.58. The van der Waals surface area contributed by atoms with Gasteiger partial charge in [-0.05, 0) is 0 Å². The van der Waals surface area contributed by atoms with Crippen molar-refractivity contribution in [3.63, 3.8) is 0 Å². The predicted octanol–water partition coefficient (Wildman–Crippen LogP) is -1.19. The van der Waals surface area contributed by atoms with Crippen molar-refractivity contribution in [1.29, 1.82) is 0 Å². The standard InChI is InChI=1S/C7H11N5O2S/c13-3-6(14)12-1-2-15-4-5(12)7-8-10-11-9-7/h5,13H,1-4H2,(H,8,9,10,11). The number of nitrogens with one attached hydrogen (secondary N) is 1. The molecule has 0 radical (unpaired) electrons. The number of aromatic amines is 1. The molecule has 0 bridgehead atoms. The number of rotatable bonds is 2. The summed E-state index contributed by atoms with van der Waals surface area (Å²) in [5, 5.41) is 22.4. The van der Waals surface area contributed by atoms with E-state index in [-0.39, 0.29) is 11.9 Å². The number of hydrogen-bond acceptors (Lipinski definition) is 6. The molecule has 2 N–H and O–H groups in total. The fraction of sp³-hybridized carbons (Fsp3) is 0.714. The molecule has 1 amide bonds. The van der Waals surface area contributed by atoms with Crippen molar-refractivity contribution in [2.75, 3.05) is 24.7 Å². The van der Waals surface area contributed by atoms with Gasteiger partial charge in [-0.2, -0.15) is 17.0 Å². The number of carbonyl (C=O) groups is 1. The van der Waals surface area contributed by atoms with Gasteiger partial charge in [0.15, 0.2) is 5.82 Å². The zero-order valence-electron chi connectivity index (χ0n) is 7.96. The minimum absolute atomic E-state index is 0.179.